The zero-order chi connectivity index (χ0) is 19.5. The third-order valence-corrected chi connectivity index (χ3v) is 4.98. The predicted molar refractivity (Wildman–Crippen MR) is 110 cm³/mol. The van der Waals surface area contributed by atoms with E-state index in [2.05, 4.69) is 20.9 Å². The zero-order valence-electron chi connectivity index (χ0n) is 16.3. The first-order valence-corrected chi connectivity index (χ1v) is 9.65. The molecule has 0 aliphatic carbocycles. The van der Waals surface area contributed by atoms with Gasteiger partial charge < -0.3 is 14.5 Å². The van der Waals surface area contributed by atoms with E-state index in [1.807, 2.05) is 61.2 Å². The van der Waals surface area contributed by atoms with Gasteiger partial charge in [-0.1, -0.05) is 30.3 Å². The summed E-state index contributed by atoms with van der Waals surface area (Å²) in [6.45, 7) is 7.18. The standard InChI is InChI=1S/C22H24N4O2/c1-3-28-21-15-20(23-16(2)24-21)25-10-12-26(13-11-25)22(27)19-9-8-17-6-4-5-7-18(17)14-19/h4-9,14-15H,3,10-13H2,1-2H3. The van der Waals surface area contributed by atoms with Gasteiger partial charge in [-0.15, -0.1) is 0 Å². The lowest BCUT2D eigenvalue weighted by atomic mass is 10.1. The number of rotatable bonds is 4. The molecule has 0 bridgehead atoms. The number of carbonyl (C=O) groups excluding carboxylic acids is 1. The van der Waals surface area contributed by atoms with Crippen molar-refractivity contribution < 1.29 is 9.53 Å². The molecule has 1 amide bonds. The van der Waals surface area contributed by atoms with E-state index in [9.17, 15) is 4.79 Å². The maximum absolute atomic E-state index is 12.9. The fourth-order valence-electron chi connectivity index (χ4n) is 3.55. The van der Waals surface area contributed by atoms with Gasteiger partial charge in [0.25, 0.3) is 5.91 Å². The van der Waals surface area contributed by atoms with Gasteiger partial charge in [-0.2, -0.15) is 4.98 Å². The number of piperazine rings is 1. The Hall–Kier alpha value is -3.15. The van der Waals surface area contributed by atoms with Gasteiger partial charge in [0, 0.05) is 37.8 Å². The number of aryl methyl sites for hydroxylation is 1. The van der Waals surface area contributed by atoms with Gasteiger partial charge >= 0.3 is 0 Å². The first-order valence-electron chi connectivity index (χ1n) is 9.65. The Morgan fingerprint density at radius 3 is 2.50 bits per heavy atom. The molecule has 2 heterocycles. The molecular weight excluding hydrogens is 352 g/mol. The minimum atomic E-state index is 0.0827. The summed E-state index contributed by atoms with van der Waals surface area (Å²) in [5, 5.41) is 2.24. The molecule has 1 aliphatic heterocycles. The molecule has 1 fully saturated rings. The van der Waals surface area contributed by atoms with E-state index < -0.39 is 0 Å². The van der Waals surface area contributed by atoms with E-state index in [-0.39, 0.29) is 5.91 Å². The summed E-state index contributed by atoms with van der Waals surface area (Å²) in [5.74, 6) is 2.23. The maximum Gasteiger partial charge on any atom is 0.253 e. The van der Waals surface area contributed by atoms with Gasteiger partial charge in [0.15, 0.2) is 0 Å². The van der Waals surface area contributed by atoms with Crippen LogP contribution in [0.15, 0.2) is 48.5 Å². The second-order valence-electron chi connectivity index (χ2n) is 6.89. The molecule has 0 spiro atoms. The lowest BCUT2D eigenvalue weighted by molar-refractivity contribution is 0.0746. The summed E-state index contributed by atoms with van der Waals surface area (Å²) in [6.07, 6.45) is 0. The molecule has 0 unspecified atom stereocenters. The maximum atomic E-state index is 12.9. The predicted octanol–water partition coefficient (Wildman–Crippen LogP) is 3.30. The molecule has 28 heavy (non-hydrogen) atoms. The minimum absolute atomic E-state index is 0.0827. The number of carbonyl (C=O) groups is 1. The normalized spacial score (nSPS) is 14.4. The Morgan fingerprint density at radius 2 is 1.75 bits per heavy atom. The smallest absolute Gasteiger partial charge is 0.253 e. The molecule has 2 aromatic carbocycles. The van der Waals surface area contributed by atoms with Crippen LogP contribution in [-0.2, 0) is 0 Å². The second kappa shape index (κ2) is 7.84. The van der Waals surface area contributed by atoms with Crippen molar-refractivity contribution in [3.8, 4) is 5.88 Å². The third-order valence-electron chi connectivity index (χ3n) is 4.98. The van der Waals surface area contributed by atoms with Crippen LogP contribution in [0.25, 0.3) is 10.8 Å². The molecule has 1 aromatic heterocycles. The molecule has 144 valence electrons. The molecular formula is C22H24N4O2. The Kier molecular flexibility index (Phi) is 5.10. The number of amides is 1. The number of benzene rings is 2. The van der Waals surface area contributed by atoms with Crippen LogP contribution in [0, 0.1) is 6.92 Å². The van der Waals surface area contributed by atoms with Gasteiger partial charge in [-0.25, -0.2) is 4.98 Å². The number of aromatic nitrogens is 2. The van der Waals surface area contributed by atoms with Crippen LogP contribution in [0.4, 0.5) is 5.82 Å². The topological polar surface area (TPSA) is 58.6 Å². The highest BCUT2D eigenvalue weighted by atomic mass is 16.5. The lowest BCUT2D eigenvalue weighted by Crippen LogP contribution is -2.49. The Morgan fingerprint density at radius 1 is 1.00 bits per heavy atom. The van der Waals surface area contributed by atoms with Crippen LogP contribution in [0.2, 0.25) is 0 Å². The fourth-order valence-corrected chi connectivity index (χ4v) is 3.55. The fraction of sp³-hybridized carbons (Fsp3) is 0.318. The summed E-state index contributed by atoms with van der Waals surface area (Å²) in [5.41, 5.74) is 0.740. The van der Waals surface area contributed by atoms with Crippen molar-refractivity contribution in [3.05, 3.63) is 59.9 Å². The molecule has 0 N–H and O–H groups in total. The summed E-state index contributed by atoms with van der Waals surface area (Å²) in [7, 11) is 0. The largest absolute Gasteiger partial charge is 0.478 e. The van der Waals surface area contributed by atoms with Gasteiger partial charge in [-0.05, 0) is 36.8 Å². The highest BCUT2D eigenvalue weighted by Crippen LogP contribution is 2.21. The van der Waals surface area contributed by atoms with Crippen LogP contribution in [-0.4, -0.2) is 53.6 Å². The summed E-state index contributed by atoms with van der Waals surface area (Å²) in [4.78, 5) is 25.9. The first kappa shape index (κ1) is 18.2. The molecule has 0 radical (unpaired) electrons. The van der Waals surface area contributed by atoms with Gasteiger partial charge in [0.1, 0.15) is 11.6 Å². The molecule has 0 atom stereocenters. The van der Waals surface area contributed by atoms with Crippen LogP contribution in [0.3, 0.4) is 0 Å². The minimum Gasteiger partial charge on any atom is -0.478 e. The van der Waals surface area contributed by atoms with Crippen LogP contribution < -0.4 is 9.64 Å². The van der Waals surface area contributed by atoms with E-state index in [1.54, 1.807) is 0 Å². The summed E-state index contributed by atoms with van der Waals surface area (Å²) < 4.78 is 5.53. The summed E-state index contributed by atoms with van der Waals surface area (Å²) >= 11 is 0. The van der Waals surface area contributed by atoms with E-state index >= 15 is 0 Å². The van der Waals surface area contributed by atoms with Crippen molar-refractivity contribution in [2.24, 2.45) is 0 Å². The SMILES string of the molecule is CCOc1cc(N2CCN(C(=O)c3ccc4ccccc4c3)CC2)nc(C)n1. The monoisotopic (exact) mass is 376 g/mol. The molecule has 4 rings (SSSR count). The van der Waals surface area contributed by atoms with E-state index in [0.29, 0.717) is 31.4 Å². The van der Waals surface area contributed by atoms with Gasteiger partial charge in [0.05, 0.1) is 6.61 Å². The third kappa shape index (κ3) is 3.76. The Labute approximate surface area is 164 Å². The van der Waals surface area contributed by atoms with Crippen molar-refractivity contribution in [2.45, 2.75) is 13.8 Å². The van der Waals surface area contributed by atoms with E-state index in [0.717, 1.165) is 35.2 Å². The van der Waals surface area contributed by atoms with Crippen molar-refractivity contribution in [3.63, 3.8) is 0 Å². The van der Waals surface area contributed by atoms with Crippen molar-refractivity contribution in [1.29, 1.82) is 0 Å². The summed E-state index contributed by atoms with van der Waals surface area (Å²) in [6, 6.07) is 15.9. The average molecular weight is 376 g/mol. The number of anilines is 1. The quantitative estimate of drug-likeness (QED) is 0.699. The average Bonchev–Trinajstić information content (AvgIpc) is 2.73. The van der Waals surface area contributed by atoms with Crippen molar-refractivity contribution >= 4 is 22.5 Å². The van der Waals surface area contributed by atoms with Crippen molar-refractivity contribution in [1.82, 2.24) is 14.9 Å². The molecule has 1 saturated heterocycles. The highest BCUT2D eigenvalue weighted by Gasteiger charge is 2.23. The second-order valence-corrected chi connectivity index (χ2v) is 6.89. The molecule has 6 heteroatoms. The molecule has 3 aromatic rings. The molecule has 1 aliphatic rings. The van der Waals surface area contributed by atoms with Gasteiger partial charge in [0.2, 0.25) is 5.88 Å². The zero-order valence-corrected chi connectivity index (χ0v) is 16.3. The van der Waals surface area contributed by atoms with Gasteiger partial charge in [-0.3, -0.25) is 4.79 Å². The Bertz CT molecular complexity index is 997. The number of fused-ring (bicyclic) bond motifs is 1. The van der Waals surface area contributed by atoms with Crippen molar-refractivity contribution in [2.75, 3.05) is 37.7 Å². The lowest BCUT2D eigenvalue weighted by Gasteiger charge is -2.35. The highest BCUT2D eigenvalue weighted by molar-refractivity contribution is 5.98. The van der Waals surface area contributed by atoms with Crippen LogP contribution in [0.5, 0.6) is 5.88 Å². The van der Waals surface area contributed by atoms with E-state index in [4.69, 9.17) is 4.74 Å². The number of ether oxygens (including phenoxy) is 1. The number of hydrogen-bond acceptors (Lipinski definition) is 5. The number of nitrogens with zero attached hydrogens (tertiary/aromatic N) is 4. The van der Waals surface area contributed by atoms with Crippen LogP contribution >= 0.6 is 0 Å². The number of hydrogen-bond donors (Lipinski definition) is 0. The van der Waals surface area contributed by atoms with E-state index in [1.165, 1.54) is 0 Å². The Balaban J connectivity index is 1.45. The molecule has 0 saturated carbocycles. The first-order chi connectivity index (χ1) is 13.6. The van der Waals surface area contributed by atoms with Crippen LogP contribution in [0.1, 0.15) is 23.1 Å². The molecule has 6 nitrogen and oxygen atoms in total.